The predicted molar refractivity (Wildman–Crippen MR) is 55.5 cm³/mol. The number of halogens is 4. The molecule has 0 aliphatic heterocycles. The fourth-order valence-corrected chi connectivity index (χ4v) is 1.53. The lowest BCUT2D eigenvalue weighted by molar-refractivity contribution is -0.275. The molecule has 0 saturated carbocycles. The Morgan fingerprint density at radius 3 is 2.53 bits per heavy atom. The van der Waals surface area contributed by atoms with E-state index in [2.05, 4.69) is 25.7 Å². The Balaban J connectivity index is 3.34. The fourth-order valence-electron chi connectivity index (χ4n) is 1.13. The molecule has 1 aromatic rings. The van der Waals surface area contributed by atoms with Crippen LogP contribution in [0.1, 0.15) is 16.1 Å². The summed E-state index contributed by atoms with van der Waals surface area (Å²) in [5, 5.41) is 0.0842. The first-order valence-electron chi connectivity index (χ1n) is 4.25. The molecular weight excluding hydrogens is 307 g/mol. The molecule has 0 bridgehead atoms. The molecule has 94 valence electrons. The molecule has 0 aliphatic rings. The highest BCUT2D eigenvalue weighted by Crippen LogP contribution is 2.37. The molecule has 0 amide bonds. The second kappa shape index (κ2) is 5.35. The van der Waals surface area contributed by atoms with Crippen molar-refractivity contribution in [1.29, 1.82) is 0 Å². The second-order valence-corrected chi connectivity index (χ2v) is 3.39. The number of carbonyl (C=O) groups excluding carboxylic acids is 1. The Morgan fingerprint density at radius 1 is 1.47 bits per heavy atom. The highest BCUT2D eigenvalue weighted by atomic mass is 79.9. The van der Waals surface area contributed by atoms with Gasteiger partial charge >= 0.3 is 6.36 Å². The highest BCUT2D eigenvalue weighted by Gasteiger charge is 2.34. The SMILES string of the molecule is COc1c(C=O)ncc(CBr)c1OC(F)(F)F. The van der Waals surface area contributed by atoms with Gasteiger partial charge in [-0.25, -0.2) is 4.98 Å². The number of nitrogens with zero attached hydrogens (tertiary/aromatic N) is 1. The van der Waals surface area contributed by atoms with E-state index in [-0.39, 0.29) is 22.3 Å². The summed E-state index contributed by atoms with van der Waals surface area (Å²) >= 11 is 2.99. The first-order chi connectivity index (χ1) is 7.92. The van der Waals surface area contributed by atoms with Gasteiger partial charge in [0.15, 0.2) is 17.8 Å². The first-order valence-corrected chi connectivity index (χ1v) is 5.37. The first kappa shape index (κ1) is 13.8. The number of methoxy groups -OCH3 is 1. The lowest BCUT2D eigenvalue weighted by Crippen LogP contribution is -2.19. The number of alkyl halides is 4. The van der Waals surface area contributed by atoms with E-state index < -0.39 is 12.1 Å². The number of rotatable bonds is 4. The van der Waals surface area contributed by atoms with E-state index in [1.54, 1.807) is 0 Å². The molecule has 0 aromatic carbocycles. The van der Waals surface area contributed by atoms with Gasteiger partial charge in [0.25, 0.3) is 0 Å². The van der Waals surface area contributed by atoms with Crippen LogP contribution in [0.25, 0.3) is 0 Å². The van der Waals surface area contributed by atoms with Gasteiger partial charge in [-0.3, -0.25) is 4.79 Å². The molecule has 0 radical (unpaired) electrons. The summed E-state index contributed by atoms with van der Waals surface area (Å²) < 4.78 is 45.2. The molecule has 0 spiro atoms. The topological polar surface area (TPSA) is 48.4 Å². The van der Waals surface area contributed by atoms with Crippen molar-refractivity contribution >= 4 is 22.2 Å². The van der Waals surface area contributed by atoms with Crippen molar-refractivity contribution in [3.8, 4) is 11.5 Å². The van der Waals surface area contributed by atoms with Crippen molar-refractivity contribution in [3.63, 3.8) is 0 Å². The van der Waals surface area contributed by atoms with Crippen LogP contribution in [-0.2, 0) is 5.33 Å². The minimum atomic E-state index is -4.87. The van der Waals surface area contributed by atoms with Gasteiger partial charge in [-0.2, -0.15) is 0 Å². The molecule has 17 heavy (non-hydrogen) atoms. The van der Waals surface area contributed by atoms with Gasteiger partial charge in [-0.05, 0) is 0 Å². The van der Waals surface area contributed by atoms with Gasteiger partial charge in [-0.15, -0.1) is 13.2 Å². The van der Waals surface area contributed by atoms with E-state index in [1.165, 1.54) is 0 Å². The van der Waals surface area contributed by atoms with Crippen molar-refractivity contribution in [2.75, 3.05) is 7.11 Å². The number of aromatic nitrogens is 1. The van der Waals surface area contributed by atoms with Crippen molar-refractivity contribution in [1.82, 2.24) is 4.98 Å². The highest BCUT2D eigenvalue weighted by molar-refractivity contribution is 9.08. The van der Waals surface area contributed by atoms with Crippen molar-refractivity contribution < 1.29 is 27.4 Å². The van der Waals surface area contributed by atoms with Crippen LogP contribution in [0, 0.1) is 0 Å². The third-order valence-corrected chi connectivity index (χ3v) is 2.37. The molecule has 0 atom stereocenters. The average molecular weight is 314 g/mol. The van der Waals surface area contributed by atoms with Gasteiger partial charge in [0.05, 0.1) is 7.11 Å². The van der Waals surface area contributed by atoms with Gasteiger partial charge in [0.2, 0.25) is 0 Å². The largest absolute Gasteiger partial charge is 0.573 e. The Kier molecular flexibility index (Phi) is 4.33. The molecular formula is C9H7BrF3NO3. The molecule has 0 saturated heterocycles. The minimum absolute atomic E-state index is 0.0842. The molecule has 4 nitrogen and oxygen atoms in total. The summed E-state index contributed by atoms with van der Waals surface area (Å²) in [6.07, 6.45) is -3.46. The van der Waals surface area contributed by atoms with E-state index in [0.717, 1.165) is 13.3 Å². The number of aldehydes is 1. The molecule has 8 heteroatoms. The average Bonchev–Trinajstić information content (AvgIpc) is 2.26. The molecule has 0 aliphatic carbocycles. The van der Waals surface area contributed by atoms with Crippen LogP contribution in [0.3, 0.4) is 0 Å². The van der Waals surface area contributed by atoms with E-state index in [9.17, 15) is 18.0 Å². The third kappa shape index (κ3) is 3.32. The number of ether oxygens (including phenoxy) is 2. The van der Waals surface area contributed by atoms with Gasteiger partial charge < -0.3 is 9.47 Å². The number of hydrogen-bond donors (Lipinski definition) is 0. The molecule has 0 unspecified atom stereocenters. The Labute approximate surface area is 103 Å². The van der Waals surface area contributed by atoms with Gasteiger partial charge in [0, 0.05) is 17.1 Å². The molecule has 0 fully saturated rings. The quantitative estimate of drug-likeness (QED) is 0.633. The van der Waals surface area contributed by atoms with E-state index in [0.29, 0.717) is 6.29 Å². The zero-order valence-corrected chi connectivity index (χ0v) is 10.1. The number of hydrogen-bond acceptors (Lipinski definition) is 4. The normalized spacial score (nSPS) is 11.1. The van der Waals surface area contributed by atoms with E-state index in [1.807, 2.05) is 0 Å². The van der Waals surface area contributed by atoms with Crippen LogP contribution in [0.15, 0.2) is 6.20 Å². The smallest absolute Gasteiger partial charge is 0.491 e. The maximum absolute atomic E-state index is 12.2. The maximum atomic E-state index is 12.2. The summed E-state index contributed by atoms with van der Waals surface area (Å²) in [5.41, 5.74) is -0.124. The minimum Gasteiger partial charge on any atom is -0.491 e. The van der Waals surface area contributed by atoms with Crippen molar-refractivity contribution in [2.24, 2.45) is 0 Å². The summed E-state index contributed by atoms with van der Waals surface area (Å²) in [4.78, 5) is 14.3. The van der Waals surface area contributed by atoms with Crippen LogP contribution in [0.4, 0.5) is 13.2 Å². The molecule has 1 rings (SSSR count). The monoisotopic (exact) mass is 313 g/mol. The Bertz CT molecular complexity index is 423. The van der Waals surface area contributed by atoms with Crippen molar-refractivity contribution in [3.05, 3.63) is 17.5 Å². The standard InChI is InChI=1S/C9H7BrF3NO3/c1-16-8-6(4-15)14-3-5(2-10)7(8)17-9(11,12)13/h3-4H,2H2,1H3. The van der Waals surface area contributed by atoms with Crippen molar-refractivity contribution in [2.45, 2.75) is 11.7 Å². The molecule has 1 heterocycles. The Hall–Kier alpha value is -1.31. The van der Waals surface area contributed by atoms with Gasteiger partial charge in [-0.1, -0.05) is 15.9 Å². The summed E-state index contributed by atoms with van der Waals surface area (Å²) in [6.45, 7) is 0. The zero-order valence-electron chi connectivity index (χ0n) is 8.55. The summed E-state index contributed by atoms with van der Waals surface area (Å²) in [5.74, 6) is -0.900. The molecule has 1 aromatic heterocycles. The van der Waals surface area contributed by atoms with Crippen LogP contribution in [0.2, 0.25) is 0 Å². The maximum Gasteiger partial charge on any atom is 0.573 e. The predicted octanol–water partition coefficient (Wildman–Crippen LogP) is 2.70. The summed E-state index contributed by atoms with van der Waals surface area (Å²) in [7, 11) is 1.13. The molecule has 0 N–H and O–H groups in total. The zero-order chi connectivity index (χ0) is 13.1. The van der Waals surface area contributed by atoms with E-state index in [4.69, 9.17) is 4.74 Å². The third-order valence-electron chi connectivity index (χ3n) is 1.77. The van der Waals surface area contributed by atoms with Crippen LogP contribution >= 0.6 is 15.9 Å². The lowest BCUT2D eigenvalue weighted by Gasteiger charge is -2.15. The number of carbonyl (C=O) groups is 1. The lowest BCUT2D eigenvalue weighted by atomic mass is 10.2. The number of pyridine rings is 1. The summed E-state index contributed by atoms with van der Waals surface area (Å²) in [6, 6.07) is 0. The fraction of sp³-hybridized carbons (Fsp3) is 0.333. The van der Waals surface area contributed by atoms with Crippen LogP contribution < -0.4 is 9.47 Å². The van der Waals surface area contributed by atoms with Gasteiger partial charge in [0.1, 0.15) is 5.69 Å². The second-order valence-electron chi connectivity index (χ2n) is 2.83. The van der Waals surface area contributed by atoms with E-state index >= 15 is 0 Å². The van der Waals surface area contributed by atoms with Crippen LogP contribution in [-0.4, -0.2) is 24.7 Å². The van der Waals surface area contributed by atoms with Crippen LogP contribution in [0.5, 0.6) is 11.5 Å². The Morgan fingerprint density at radius 2 is 2.12 bits per heavy atom.